The second-order valence-electron chi connectivity index (χ2n) is 3.43. The molecule has 0 aromatic carbocycles. The van der Waals surface area contributed by atoms with E-state index in [9.17, 15) is 0 Å². The Labute approximate surface area is 87.7 Å². The molecular formula is C9H14N6. The zero-order chi connectivity index (χ0) is 10.8. The van der Waals surface area contributed by atoms with Crippen LogP contribution in [0, 0.1) is 0 Å². The van der Waals surface area contributed by atoms with Crippen LogP contribution in [0.2, 0.25) is 0 Å². The first kappa shape index (κ1) is 9.70. The van der Waals surface area contributed by atoms with E-state index in [-0.39, 0.29) is 0 Å². The molecule has 0 aliphatic heterocycles. The van der Waals surface area contributed by atoms with Gasteiger partial charge in [0.1, 0.15) is 0 Å². The molecule has 6 nitrogen and oxygen atoms in total. The van der Waals surface area contributed by atoms with Crippen LogP contribution in [-0.2, 0) is 13.5 Å². The van der Waals surface area contributed by atoms with Gasteiger partial charge in [0, 0.05) is 19.3 Å². The van der Waals surface area contributed by atoms with Crippen molar-refractivity contribution in [3.63, 3.8) is 0 Å². The highest BCUT2D eigenvalue weighted by Crippen LogP contribution is 2.14. The molecule has 0 radical (unpaired) electrons. The summed E-state index contributed by atoms with van der Waals surface area (Å²) in [5, 5.41) is 12.1. The maximum Gasteiger partial charge on any atom is 0.177 e. The van der Waals surface area contributed by atoms with Crippen molar-refractivity contribution in [2.75, 3.05) is 5.73 Å². The molecule has 0 aliphatic carbocycles. The topological polar surface area (TPSA) is 74.5 Å². The van der Waals surface area contributed by atoms with Gasteiger partial charge in [0.2, 0.25) is 0 Å². The molecule has 2 N–H and O–H groups in total. The highest BCUT2D eigenvalue weighted by molar-refractivity contribution is 5.37. The number of hydrogen-bond acceptors (Lipinski definition) is 4. The second-order valence-corrected chi connectivity index (χ2v) is 3.43. The third-order valence-electron chi connectivity index (χ3n) is 2.20. The van der Waals surface area contributed by atoms with Crippen LogP contribution in [0.15, 0.2) is 12.3 Å². The summed E-state index contributed by atoms with van der Waals surface area (Å²) in [5.74, 6) is 1.24. The monoisotopic (exact) mass is 206 g/mol. The van der Waals surface area contributed by atoms with E-state index in [0.29, 0.717) is 5.82 Å². The van der Waals surface area contributed by atoms with Gasteiger partial charge in [-0.25, -0.2) is 0 Å². The van der Waals surface area contributed by atoms with Crippen LogP contribution < -0.4 is 5.73 Å². The maximum atomic E-state index is 5.74. The van der Waals surface area contributed by atoms with E-state index in [1.54, 1.807) is 9.36 Å². The summed E-state index contributed by atoms with van der Waals surface area (Å²) in [6.45, 7) is 2.09. The molecule has 2 aromatic heterocycles. The zero-order valence-corrected chi connectivity index (χ0v) is 8.88. The molecular weight excluding hydrogens is 192 g/mol. The smallest absolute Gasteiger partial charge is 0.177 e. The summed E-state index contributed by atoms with van der Waals surface area (Å²) in [4.78, 5) is 0. The highest BCUT2D eigenvalue weighted by Gasteiger charge is 2.12. The Bertz CT molecular complexity index is 455. The summed E-state index contributed by atoms with van der Waals surface area (Å²) < 4.78 is 3.42. The molecule has 0 spiro atoms. The minimum atomic E-state index is 0.488. The van der Waals surface area contributed by atoms with Crippen LogP contribution in [0.5, 0.6) is 0 Å². The molecule has 0 saturated heterocycles. The van der Waals surface area contributed by atoms with Gasteiger partial charge in [-0.2, -0.15) is 9.78 Å². The second kappa shape index (κ2) is 3.72. The van der Waals surface area contributed by atoms with Gasteiger partial charge in [-0.05, 0) is 6.42 Å². The van der Waals surface area contributed by atoms with Crippen molar-refractivity contribution in [2.45, 2.75) is 19.8 Å². The van der Waals surface area contributed by atoms with Gasteiger partial charge in [-0.3, -0.25) is 4.68 Å². The predicted octanol–water partition coefficient (Wildman–Crippen LogP) is 0.535. The van der Waals surface area contributed by atoms with Gasteiger partial charge >= 0.3 is 0 Å². The fourth-order valence-corrected chi connectivity index (χ4v) is 1.48. The summed E-state index contributed by atoms with van der Waals surface area (Å²) in [6.07, 6.45) is 3.72. The Morgan fingerprint density at radius 2 is 2.27 bits per heavy atom. The summed E-state index contributed by atoms with van der Waals surface area (Å²) in [7, 11) is 1.86. The van der Waals surface area contributed by atoms with Crippen LogP contribution in [0.1, 0.15) is 19.0 Å². The molecule has 0 amide bonds. The molecule has 0 aliphatic rings. The zero-order valence-electron chi connectivity index (χ0n) is 8.88. The van der Waals surface area contributed by atoms with E-state index in [0.717, 1.165) is 24.4 Å². The van der Waals surface area contributed by atoms with Crippen molar-refractivity contribution >= 4 is 5.82 Å². The lowest BCUT2D eigenvalue weighted by Gasteiger charge is -2.01. The van der Waals surface area contributed by atoms with Gasteiger partial charge in [-0.1, -0.05) is 18.6 Å². The molecule has 0 fully saturated rings. The first-order valence-corrected chi connectivity index (χ1v) is 4.92. The minimum Gasteiger partial charge on any atom is -0.381 e. The lowest BCUT2D eigenvalue weighted by molar-refractivity contribution is 0.691. The fraction of sp³-hybridized carbons (Fsp3) is 0.444. The lowest BCUT2D eigenvalue weighted by atomic mass is 10.2. The Balaban J connectivity index is 2.43. The third-order valence-corrected chi connectivity index (χ3v) is 2.20. The van der Waals surface area contributed by atoms with E-state index in [4.69, 9.17) is 5.73 Å². The molecule has 15 heavy (non-hydrogen) atoms. The quantitative estimate of drug-likeness (QED) is 0.795. The molecule has 0 bridgehead atoms. The molecule has 2 heterocycles. The van der Waals surface area contributed by atoms with E-state index in [2.05, 4.69) is 22.3 Å². The van der Waals surface area contributed by atoms with Crippen molar-refractivity contribution < 1.29 is 0 Å². The third kappa shape index (κ3) is 1.70. The van der Waals surface area contributed by atoms with E-state index in [1.165, 1.54) is 0 Å². The van der Waals surface area contributed by atoms with Crippen molar-refractivity contribution in [3.05, 3.63) is 18.0 Å². The number of rotatable bonds is 3. The molecule has 0 atom stereocenters. The first-order valence-electron chi connectivity index (χ1n) is 4.92. The summed E-state index contributed by atoms with van der Waals surface area (Å²) >= 11 is 0. The Hall–Kier alpha value is -1.85. The minimum absolute atomic E-state index is 0.488. The summed E-state index contributed by atoms with van der Waals surface area (Å²) in [6, 6.07) is 1.88. The average Bonchev–Trinajstić information content (AvgIpc) is 2.76. The Kier molecular flexibility index (Phi) is 2.40. The molecule has 80 valence electrons. The van der Waals surface area contributed by atoms with Gasteiger partial charge in [0.05, 0.1) is 5.69 Å². The number of nitrogens with two attached hydrogens (primary N) is 1. The molecule has 2 aromatic rings. The van der Waals surface area contributed by atoms with Crippen LogP contribution in [-0.4, -0.2) is 24.8 Å². The number of hydrogen-bond donors (Lipinski definition) is 1. The highest BCUT2D eigenvalue weighted by atomic mass is 15.5. The molecule has 6 heteroatoms. The number of aryl methyl sites for hydroxylation is 1. The van der Waals surface area contributed by atoms with E-state index < -0.39 is 0 Å². The van der Waals surface area contributed by atoms with Crippen molar-refractivity contribution in [3.8, 4) is 5.82 Å². The number of anilines is 1. The van der Waals surface area contributed by atoms with Crippen molar-refractivity contribution in [2.24, 2.45) is 7.05 Å². The number of nitrogen functional groups attached to an aromatic ring is 1. The predicted molar refractivity (Wildman–Crippen MR) is 56.5 cm³/mol. The summed E-state index contributed by atoms with van der Waals surface area (Å²) in [5.41, 5.74) is 6.67. The molecule has 0 unspecified atom stereocenters. The van der Waals surface area contributed by atoms with Gasteiger partial charge in [-0.15, -0.1) is 5.10 Å². The largest absolute Gasteiger partial charge is 0.381 e. The van der Waals surface area contributed by atoms with Crippen LogP contribution in [0.25, 0.3) is 5.82 Å². The standard InChI is InChI=1S/C9H14N6/c1-3-4-7-9(10)11-13-15(7)8-5-6-14(2)12-8/h5-6H,3-4,10H2,1-2H3. The SMILES string of the molecule is CCCc1c(N)nnn1-c1ccn(C)n1. The lowest BCUT2D eigenvalue weighted by Crippen LogP contribution is -2.05. The van der Waals surface area contributed by atoms with Crippen LogP contribution in [0.4, 0.5) is 5.82 Å². The van der Waals surface area contributed by atoms with E-state index in [1.807, 2.05) is 19.3 Å². The molecule has 2 rings (SSSR count). The first-order chi connectivity index (χ1) is 7.22. The maximum absolute atomic E-state index is 5.74. The van der Waals surface area contributed by atoms with Gasteiger partial charge < -0.3 is 5.73 Å². The fourth-order valence-electron chi connectivity index (χ4n) is 1.48. The van der Waals surface area contributed by atoms with Gasteiger partial charge in [0.15, 0.2) is 11.6 Å². The Morgan fingerprint density at radius 3 is 2.87 bits per heavy atom. The van der Waals surface area contributed by atoms with Gasteiger partial charge in [0.25, 0.3) is 0 Å². The average molecular weight is 206 g/mol. The number of aromatic nitrogens is 5. The van der Waals surface area contributed by atoms with Crippen molar-refractivity contribution in [1.82, 2.24) is 24.8 Å². The van der Waals surface area contributed by atoms with Crippen LogP contribution >= 0.6 is 0 Å². The van der Waals surface area contributed by atoms with Crippen molar-refractivity contribution in [1.29, 1.82) is 0 Å². The molecule has 0 saturated carbocycles. The normalized spacial score (nSPS) is 10.8. The van der Waals surface area contributed by atoms with E-state index >= 15 is 0 Å². The Morgan fingerprint density at radius 1 is 1.47 bits per heavy atom. The van der Waals surface area contributed by atoms with Crippen LogP contribution in [0.3, 0.4) is 0 Å². The number of nitrogens with zero attached hydrogens (tertiary/aromatic N) is 5.